The summed E-state index contributed by atoms with van der Waals surface area (Å²) in [5.74, 6) is -0.132. The Morgan fingerprint density at radius 2 is 2.12 bits per heavy atom. The zero-order valence-electron chi connectivity index (χ0n) is 14.7. The van der Waals surface area contributed by atoms with Gasteiger partial charge in [0.2, 0.25) is 5.91 Å². The number of likely N-dealkylation sites (N-methyl/N-ethyl adjacent to an activating group) is 1. The molecule has 2 aromatic rings. The largest absolute Gasteiger partial charge is 0.341 e. The van der Waals surface area contributed by atoms with Gasteiger partial charge >= 0.3 is 0 Å². The SMILES string of the molecule is Cc1nn(Cc2ccccc2Cl)c(C)c1/C=C/C(=O)N(C)CCC#N. The highest BCUT2D eigenvalue weighted by atomic mass is 35.5. The summed E-state index contributed by atoms with van der Waals surface area (Å²) in [6.45, 7) is 4.89. The molecule has 0 N–H and O–H groups in total. The van der Waals surface area contributed by atoms with E-state index in [2.05, 4.69) is 5.10 Å². The van der Waals surface area contributed by atoms with Crippen molar-refractivity contribution in [1.29, 1.82) is 5.26 Å². The Morgan fingerprint density at radius 1 is 1.40 bits per heavy atom. The van der Waals surface area contributed by atoms with Crippen LogP contribution in [0.3, 0.4) is 0 Å². The predicted molar refractivity (Wildman–Crippen MR) is 99.2 cm³/mol. The second-order valence-electron chi connectivity index (χ2n) is 5.83. The van der Waals surface area contributed by atoms with Gasteiger partial charge in [-0.25, -0.2) is 0 Å². The van der Waals surface area contributed by atoms with Crippen LogP contribution in [-0.4, -0.2) is 34.2 Å². The molecule has 5 nitrogen and oxygen atoms in total. The molecule has 0 spiro atoms. The Labute approximate surface area is 153 Å². The van der Waals surface area contributed by atoms with E-state index in [1.54, 1.807) is 13.1 Å². The third kappa shape index (κ3) is 4.71. The minimum absolute atomic E-state index is 0.132. The van der Waals surface area contributed by atoms with Crippen molar-refractivity contribution in [3.63, 3.8) is 0 Å². The lowest BCUT2D eigenvalue weighted by atomic mass is 10.1. The number of carbonyl (C=O) groups excluding carboxylic acids is 1. The number of hydrogen-bond donors (Lipinski definition) is 0. The zero-order valence-corrected chi connectivity index (χ0v) is 15.4. The molecule has 25 heavy (non-hydrogen) atoms. The van der Waals surface area contributed by atoms with E-state index in [9.17, 15) is 4.79 Å². The van der Waals surface area contributed by atoms with Crippen molar-refractivity contribution >= 4 is 23.6 Å². The molecule has 1 aromatic carbocycles. The van der Waals surface area contributed by atoms with Crippen LogP contribution in [0.1, 0.15) is 28.9 Å². The first kappa shape index (κ1) is 18.8. The lowest BCUT2D eigenvalue weighted by molar-refractivity contribution is -0.124. The fraction of sp³-hybridized carbons (Fsp3) is 0.316. The molecule has 1 aromatic heterocycles. The van der Waals surface area contributed by atoms with Crippen molar-refractivity contribution in [3.8, 4) is 6.07 Å². The standard InChI is InChI=1S/C19H21ClN4O/c1-14-17(9-10-19(25)23(3)12-6-11-21)15(2)24(22-14)13-16-7-4-5-8-18(16)20/h4-5,7-10H,6,12-13H2,1-3H3/b10-9+. The first-order valence-corrected chi connectivity index (χ1v) is 8.39. The van der Waals surface area contributed by atoms with Crippen LogP contribution in [0.15, 0.2) is 30.3 Å². The third-order valence-electron chi connectivity index (χ3n) is 4.04. The topological polar surface area (TPSA) is 61.9 Å². The Kier molecular flexibility index (Phi) is 6.37. The number of nitrogens with zero attached hydrogens (tertiary/aromatic N) is 4. The molecule has 0 aliphatic carbocycles. The quantitative estimate of drug-likeness (QED) is 0.743. The molecule has 0 saturated carbocycles. The van der Waals surface area contributed by atoms with Gasteiger partial charge < -0.3 is 4.90 Å². The van der Waals surface area contributed by atoms with E-state index in [0.29, 0.717) is 24.5 Å². The number of amides is 1. The molecule has 0 saturated heterocycles. The fourth-order valence-corrected chi connectivity index (χ4v) is 2.70. The second kappa shape index (κ2) is 8.50. The van der Waals surface area contributed by atoms with Crippen LogP contribution in [-0.2, 0) is 11.3 Å². The van der Waals surface area contributed by atoms with E-state index in [1.165, 1.54) is 11.0 Å². The van der Waals surface area contributed by atoms with Crippen LogP contribution in [0, 0.1) is 25.2 Å². The molecule has 130 valence electrons. The molecule has 0 unspecified atom stereocenters. The molecule has 2 rings (SSSR count). The summed E-state index contributed by atoms with van der Waals surface area (Å²) in [7, 11) is 1.69. The van der Waals surface area contributed by atoms with Gasteiger partial charge in [0.25, 0.3) is 0 Å². The number of benzene rings is 1. The van der Waals surface area contributed by atoms with Gasteiger partial charge in [-0.05, 0) is 31.6 Å². The number of halogens is 1. The Bertz CT molecular complexity index is 832. The van der Waals surface area contributed by atoms with E-state index < -0.39 is 0 Å². The highest BCUT2D eigenvalue weighted by molar-refractivity contribution is 6.31. The number of aromatic nitrogens is 2. The molecule has 1 amide bonds. The fourth-order valence-electron chi connectivity index (χ4n) is 2.50. The molecule has 0 aliphatic rings. The van der Waals surface area contributed by atoms with Crippen molar-refractivity contribution in [2.24, 2.45) is 0 Å². The summed E-state index contributed by atoms with van der Waals surface area (Å²) in [4.78, 5) is 13.6. The van der Waals surface area contributed by atoms with Gasteiger partial charge in [-0.1, -0.05) is 29.8 Å². The molecule has 0 bridgehead atoms. The summed E-state index contributed by atoms with van der Waals surface area (Å²) in [5.41, 5.74) is 3.75. The Morgan fingerprint density at radius 3 is 2.80 bits per heavy atom. The number of hydrogen-bond acceptors (Lipinski definition) is 3. The van der Waals surface area contributed by atoms with Crippen LogP contribution in [0.5, 0.6) is 0 Å². The monoisotopic (exact) mass is 356 g/mol. The van der Waals surface area contributed by atoms with Gasteiger partial charge in [0.05, 0.1) is 24.7 Å². The molecular weight excluding hydrogens is 336 g/mol. The summed E-state index contributed by atoms with van der Waals surface area (Å²) in [6, 6.07) is 9.72. The molecule has 0 radical (unpaired) electrons. The zero-order chi connectivity index (χ0) is 18.4. The van der Waals surface area contributed by atoms with E-state index in [4.69, 9.17) is 16.9 Å². The van der Waals surface area contributed by atoms with Gasteiger partial charge in [0.15, 0.2) is 0 Å². The van der Waals surface area contributed by atoms with Gasteiger partial charge in [0.1, 0.15) is 0 Å². The van der Waals surface area contributed by atoms with E-state index >= 15 is 0 Å². The second-order valence-corrected chi connectivity index (χ2v) is 6.24. The average molecular weight is 357 g/mol. The molecule has 0 atom stereocenters. The molecular formula is C19H21ClN4O. The number of aryl methyl sites for hydroxylation is 1. The minimum atomic E-state index is -0.132. The first-order chi connectivity index (χ1) is 11.9. The average Bonchev–Trinajstić information content (AvgIpc) is 2.86. The maximum atomic E-state index is 12.1. The van der Waals surface area contributed by atoms with Crippen LogP contribution in [0.4, 0.5) is 0 Å². The van der Waals surface area contributed by atoms with Crippen LogP contribution >= 0.6 is 11.6 Å². The summed E-state index contributed by atoms with van der Waals surface area (Å²) >= 11 is 6.22. The smallest absolute Gasteiger partial charge is 0.246 e. The summed E-state index contributed by atoms with van der Waals surface area (Å²) in [6.07, 6.45) is 3.63. The number of carbonyl (C=O) groups is 1. The Hall–Kier alpha value is -2.58. The molecule has 6 heteroatoms. The van der Waals surface area contributed by atoms with Gasteiger partial charge in [-0.15, -0.1) is 0 Å². The van der Waals surface area contributed by atoms with E-state index in [0.717, 1.165) is 22.5 Å². The maximum absolute atomic E-state index is 12.1. The van der Waals surface area contributed by atoms with Crippen LogP contribution in [0.25, 0.3) is 6.08 Å². The molecule has 0 aliphatic heterocycles. The minimum Gasteiger partial charge on any atom is -0.341 e. The molecule has 1 heterocycles. The third-order valence-corrected chi connectivity index (χ3v) is 4.41. The predicted octanol–water partition coefficient (Wildman–Crippen LogP) is 3.59. The number of rotatable bonds is 6. The van der Waals surface area contributed by atoms with Gasteiger partial charge in [-0.3, -0.25) is 9.48 Å². The summed E-state index contributed by atoms with van der Waals surface area (Å²) < 4.78 is 1.89. The van der Waals surface area contributed by atoms with E-state index in [1.807, 2.05) is 48.9 Å². The van der Waals surface area contributed by atoms with Gasteiger partial charge in [0, 0.05) is 35.9 Å². The molecule has 0 fully saturated rings. The first-order valence-electron chi connectivity index (χ1n) is 8.01. The van der Waals surface area contributed by atoms with Crippen molar-refractivity contribution < 1.29 is 4.79 Å². The summed E-state index contributed by atoms with van der Waals surface area (Å²) in [5, 5.41) is 13.9. The lowest BCUT2D eigenvalue weighted by Gasteiger charge is -2.12. The van der Waals surface area contributed by atoms with Crippen LogP contribution < -0.4 is 0 Å². The van der Waals surface area contributed by atoms with Crippen molar-refractivity contribution in [1.82, 2.24) is 14.7 Å². The Balaban J connectivity index is 2.17. The van der Waals surface area contributed by atoms with Crippen molar-refractivity contribution in [2.45, 2.75) is 26.8 Å². The maximum Gasteiger partial charge on any atom is 0.246 e. The highest BCUT2D eigenvalue weighted by Gasteiger charge is 2.12. The van der Waals surface area contributed by atoms with E-state index in [-0.39, 0.29) is 5.91 Å². The number of nitriles is 1. The highest BCUT2D eigenvalue weighted by Crippen LogP contribution is 2.20. The van der Waals surface area contributed by atoms with Crippen molar-refractivity contribution in [3.05, 3.63) is 57.9 Å². The van der Waals surface area contributed by atoms with Crippen molar-refractivity contribution in [2.75, 3.05) is 13.6 Å². The van der Waals surface area contributed by atoms with Crippen LogP contribution in [0.2, 0.25) is 5.02 Å². The van der Waals surface area contributed by atoms with Gasteiger partial charge in [-0.2, -0.15) is 10.4 Å². The lowest BCUT2D eigenvalue weighted by Crippen LogP contribution is -2.25. The normalized spacial score (nSPS) is 10.8.